The van der Waals surface area contributed by atoms with Gasteiger partial charge >= 0.3 is 0 Å². The zero-order valence-corrected chi connectivity index (χ0v) is 17.0. The maximum Gasteiger partial charge on any atom is 0.287 e. The molecule has 3 rings (SSSR count). The number of halogens is 3. The van der Waals surface area contributed by atoms with E-state index in [9.17, 15) is 14.5 Å². The number of anilines is 1. The van der Waals surface area contributed by atoms with E-state index in [1.807, 2.05) is 0 Å². The van der Waals surface area contributed by atoms with E-state index in [2.05, 4.69) is 31.4 Å². The SMILES string of the molecule is O=[N+]([O-])c1ccc(N/N=C/c2cc(Cl)c(OCc3ccc(F)cc3)c(Br)c2)nc1. The van der Waals surface area contributed by atoms with Crippen LogP contribution in [0.25, 0.3) is 0 Å². The summed E-state index contributed by atoms with van der Waals surface area (Å²) >= 11 is 9.71. The highest BCUT2D eigenvalue weighted by atomic mass is 79.9. The summed E-state index contributed by atoms with van der Waals surface area (Å²) in [5, 5.41) is 15.0. The predicted molar refractivity (Wildman–Crippen MR) is 112 cm³/mol. The molecule has 1 N–H and O–H groups in total. The summed E-state index contributed by atoms with van der Waals surface area (Å²) in [6.07, 6.45) is 2.65. The summed E-state index contributed by atoms with van der Waals surface area (Å²) in [7, 11) is 0. The number of hydrogen-bond acceptors (Lipinski definition) is 6. The monoisotopic (exact) mass is 478 g/mol. The minimum atomic E-state index is -0.528. The fourth-order valence-corrected chi connectivity index (χ4v) is 3.25. The topological polar surface area (TPSA) is 89.7 Å². The molecule has 1 aromatic heterocycles. The van der Waals surface area contributed by atoms with Crippen molar-refractivity contribution in [3.05, 3.63) is 91.3 Å². The van der Waals surface area contributed by atoms with E-state index in [0.29, 0.717) is 26.6 Å². The van der Waals surface area contributed by atoms with Crippen molar-refractivity contribution in [1.29, 1.82) is 0 Å². The molecule has 0 aliphatic rings. The minimum Gasteiger partial charge on any atom is -0.486 e. The Morgan fingerprint density at radius 3 is 2.66 bits per heavy atom. The zero-order valence-electron chi connectivity index (χ0n) is 14.7. The van der Waals surface area contributed by atoms with Gasteiger partial charge in [-0.05, 0) is 57.4 Å². The van der Waals surface area contributed by atoms with Crippen LogP contribution in [0.5, 0.6) is 5.75 Å². The van der Waals surface area contributed by atoms with Crippen molar-refractivity contribution in [3.8, 4) is 5.75 Å². The molecule has 0 unspecified atom stereocenters. The Balaban J connectivity index is 1.64. The second-order valence-electron chi connectivity index (χ2n) is 5.76. The molecule has 2 aromatic carbocycles. The Morgan fingerprint density at radius 1 is 1.28 bits per heavy atom. The van der Waals surface area contributed by atoms with Gasteiger partial charge in [0.2, 0.25) is 0 Å². The molecule has 3 aromatic rings. The third kappa shape index (κ3) is 5.72. The molecule has 0 aliphatic heterocycles. The zero-order chi connectivity index (χ0) is 20.8. The minimum absolute atomic E-state index is 0.105. The average molecular weight is 480 g/mol. The molecule has 7 nitrogen and oxygen atoms in total. The van der Waals surface area contributed by atoms with E-state index in [4.69, 9.17) is 16.3 Å². The molecule has 0 saturated carbocycles. The van der Waals surface area contributed by atoms with Crippen LogP contribution >= 0.6 is 27.5 Å². The van der Waals surface area contributed by atoms with E-state index in [0.717, 1.165) is 11.8 Å². The molecule has 0 atom stereocenters. The molecule has 0 amide bonds. The standard InChI is InChI=1S/C19H13BrClFN4O3/c20-16-7-13(9-24-25-18-6-5-15(10-23-18)26(27)28)8-17(21)19(16)29-11-12-1-3-14(22)4-2-12/h1-10H,11H2,(H,23,25)/b24-9+. The second kappa shape index (κ2) is 9.44. The van der Waals surface area contributed by atoms with Gasteiger partial charge in [0.15, 0.2) is 5.75 Å². The first kappa shape index (κ1) is 20.7. The molecule has 148 valence electrons. The van der Waals surface area contributed by atoms with Crippen LogP contribution in [0.1, 0.15) is 11.1 Å². The molecule has 0 radical (unpaired) electrons. The van der Waals surface area contributed by atoms with Crippen LogP contribution in [-0.2, 0) is 6.61 Å². The number of benzene rings is 2. The molecular formula is C19H13BrClFN4O3. The highest BCUT2D eigenvalue weighted by molar-refractivity contribution is 9.10. The Bertz CT molecular complexity index is 1020. The van der Waals surface area contributed by atoms with E-state index in [1.54, 1.807) is 24.3 Å². The number of aromatic nitrogens is 1. The maximum absolute atomic E-state index is 13.0. The Morgan fingerprint density at radius 2 is 2.03 bits per heavy atom. The van der Waals surface area contributed by atoms with Gasteiger partial charge in [0.25, 0.3) is 5.69 Å². The van der Waals surface area contributed by atoms with Crippen molar-refractivity contribution in [2.24, 2.45) is 5.10 Å². The van der Waals surface area contributed by atoms with Crippen molar-refractivity contribution in [2.45, 2.75) is 6.61 Å². The number of hydrogen-bond donors (Lipinski definition) is 1. The van der Waals surface area contributed by atoms with Crippen LogP contribution in [0.15, 0.2) is 64.3 Å². The predicted octanol–water partition coefficient (Wildman–Crippen LogP) is 5.57. The van der Waals surface area contributed by atoms with Gasteiger partial charge in [-0.15, -0.1) is 0 Å². The second-order valence-corrected chi connectivity index (χ2v) is 7.02. The molecule has 0 bridgehead atoms. The van der Waals surface area contributed by atoms with Gasteiger partial charge in [0.05, 0.1) is 20.6 Å². The Hall–Kier alpha value is -3.04. The molecule has 29 heavy (non-hydrogen) atoms. The van der Waals surface area contributed by atoms with Crippen molar-refractivity contribution >= 4 is 45.3 Å². The third-order valence-electron chi connectivity index (χ3n) is 3.67. The number of rotatable bonds is 7. The van der Waals surface area contributed by atoms with Crippen LogP contribution < -0.4 is 10.2 Å². The summed E-state index contributed by atoms with van der Waals surface area (Å²) < 4.78 is 19.3. The van der Waals surface area contributed by atoms with Crippen molar-refractivity contribution in [1.82, 2.24) is 4.98 Å². The van der Waals surface area contributed by atoms with E-state index in [1.165, 1.54) is 30.5 Å². The largest absolute Gasteiger partial charge is 0.486 e. The first-order chi connectivity index (χ1) is 13.9. The molecule has 0 saturated heterocycles. The lowest BCUT2D eigenvalue weighted by molar-refractivity contribution is -0.385. The molecular weight excluding hydrogens is 467 g/mol. The molecule has 10 heteroatoms. The van der Waals surface area contributed by atoms with Crippen molar-refractivity contribution < 1.29 is 14.1 Å². The van der Waals surface area contributed by atoms with Crippen LogP contribution in [0.4, 0.5) is 15.9 Å². The van der Waals surface area contributed by atoms with Gasteiger partial charge in [-0.2, -0.15) is 5.10 Å². The number of pyridine rings is 1. The van der Waals surface area contributed by atoms with Crippen molar-refractivity contribution in [2.75, 3.05) is 5.43 Å². The number of nitrogens with one attached hydrogen (secondary N) is 1. The summed E-state index contributed by atoms with van der Waals surface area (Å²) in [5.41, 5.74) is 4.07. The van der Waals surface area contributed by atoms with Gasteiger partial charge in [-0.3, -0.25) is 15.5 Å². The van der Waals surface area contributed by atoms with Gasteiger partial charge in [-0.25, -0.2) is 9.37 Å². The highest BCUT2D eigenvalue weighted by Crippen LogP contribution is 2.34. The van der Waals surface area contributed by atoms with Crippen LogP contribution in [-0.4, -0.2) is 16.1 Å². The van der Waals surface area contributed by atoms with Gasteiger partial charge in [-0.1, -0.05) is 23.7 Å². The molecule has 1 heterocycles. The van der Waals surface area contributed by atoms with Gasteiger partial charge < -0.3 is 4.74 Å². The third-order valence-corrected chi connectivity index (χ3v) is 4.54. The summed E-state index contributed by atoms with van der Waals surface area (Å²) in [6.45, 7) is 0.236. The lowest BCUT2D eigenvalue weighted by Gasteiger charge is -2.11. The molecule has 0 spiro atoms. The summed E-state index contributed by atoms with van der Waals surface area (Å²) in [6, 6.07) is 12.2. The average Bonchev–Trinajstić information content (AvgIpc) is 2.69. The number of hydrazone groups is 1. The summed E-state index contributed by atoms with van der Waals surface area (Å²) in [5.74, 6) is 0.503. The first-order valence-electron chi connectivity index (χ1n) is 8.18. The Kier molecular flexibility index (Phi) is 6.73. The van der Waals surface area contributed by atoms with Gasteiger partial charge in [0, 0.05) is 6.07 Å². The van der Waals surface area contributed by atoms with Crippen LogP contribution in [0.2, 0.25) is 5.02 Å². The first-order valence-corrected chi connectivity index (χ1v) is 9.35. The Labute approximate surface area is 178 Å². The lowest BCUT2D eigenvalue weighted by atomic mass is 10.2. The van der Waals surface area contributed by atoms with E-state index < -0.39 is 4.92 Å². The van der Waals surface area contributed by atoms with Crippen molar-refractivity contribution in [3.63, 3.8) is 0 Å². The van der Waals surface area contributed by atoms with Crippen LogP contribution in [0, 0.1) is 15.9 Å². The smallest absolute Gasteiger partial charge is 0.287 e. The maximum atomic E-state index is 13.0. The number of nitro groups is 1. The lowest BCUT2D eigenvalue weighted by Crippen LogP contribution is -1.98. The molecule has 0 aliphatic carbocycles. The number of ether oxygens (including phenoxy) is 1. The molecule has 0 fully saturated rings. The normalized spacial score (nSPS) is 10.9. The fraction of sp³-hybridized carbons (Fsp3) is 0.0526. The van der Waals surface area contributed by atoms with E-state index in [-0.39, 0.29) is 18.1 Å². The summed E-state index contributed by atoms with van der Waals surface area (Å²) in [4.78, 5) is 14.0. The van der Waals surface area contributed by atoms with E-state index >= 15 is 0 Å². The van der Waals surface area contributed by atoms with Crippen LogP contribution in [0.3, 0.4) is 0 Å². The quantitative estimate of drug-likeness (QED) is 0.272. The highest BCUT2D eigenvalue weighted by Gasteiger charge is 2.10. The fourth-order valence-electron chi connectivity index (χ4n) is 2.26. The van der Waals surface area contributed by atoms with Gasteiger partial charge in [0.1, 0.15) is 24.4 Å². The number of nitrogens with zero attached hydrogens (tertiary/aromatic N) is 3.